The second-order valence-corrected chi connectivity index (χ2v) is 4.08. The highest BCUT2D eigenvalue weighted by molar-refractivity contribution is 5.06. The molecule has 5 atom stereocenters. The van der Waals surface area contributed by atoms with E-state index < -0.39 is 36.3 Å². The van der Waals surface area contributed by atoms with E-state index in [1.165, 1.54) is 0 Å². The van der Waals surface area contributed by atoms with Gasteiger partial charge in [0.15, 0.2) is 5.79 Å². The third-order valence-corrected chi connectivity index (χ3v) is 2.57. The molecule has 1 saturated heterocycles. The van der Waals surface area contributed by atoms with Crippen LogP contribution in [-0.2, 0) is 9.47 Å². The maximum atomic E-state index is 13.1. The van der Waals surface area contributed by atoms with Crippen LogP contribution in [0.3, 0.4) is 0 Å². The molecule has 1 aliphatic carbocycles. The van der Waals surface area contributed by atoms with Crippen LogP contribution in [0.25, 0.3) is 0 Å². The zero-order valence-electron chi connectivity index (χ0n) is 7.61. The third-order valence-electron chi connectivity index (χ3n) is 2.57. The SMILES string of the molecule is CC1(C)OC2C(N)C(F)C(O)C2O1. The van der Waals surface area contributed by atoms with Gasteiger partial charge in [-0.3, -0.25) is 0 Å². The van der Waals surface area contributed by atoms with Crippen molar-refractivity contribution in [3.8, 4) is 0 Å². The largest absolute Gasteiger partial charge is 0.387 e. The number of rotatable bonds is 0. The zero-order chi connectivity index (χ0) is 9.80. The van der Waals surface area contributed by atoms with E-state index in [1.54, 1.807) is 13.8 Å². The Morgan fingerprint density at radius 2 is 1.85 bits per heavy atom. The summed E-state index contributed by atoms with van der Waals surface area (Å²) in [5.74, 6) is -0.770. The van der Waals surface area contributed by atoms with Crippen LogP contribution in [0.4, 0.5) is 4.39 Å². The summed E-state index contributed by atoms with van der Waals surface area (Å²) in [7, 11) is 0. The normalized spacial score (nSPS) is 53.8. The molecule has 1 heterocycles. The maximum absolute atomic E-state index is 13.1. The van der Waals surface area contributed by atoms with E-state index in [-0.39, 0.29) is 0 Å². The Hall–Kier alpha value is -0.230. The summed E-state index contributed by atoms with van der Waals surface area (Å²) in [5.41, 5.74) is 5.53. The van der Waals surface area contributed by atoms with Gasteiger partial charge in [-0.1, -0.05) is 0 Å². The van der Waals surface area contributed by atoms with E-state index >= 15 is 0 Å². The molecule has 1 aliphatic heterocycles. The summed E-state index contributed by atoms with van der Waals surface area (Å²) in [6.45, 7) is 3.44. The topological polar surface area (TPSA) is 64.7 Å². The lowest BCUT2D eigenvalue weighted by Crippen LogP contribution is -2.40. The van der Waals surface area contributed by atoms with E-state index in [9.17, 15) is 9.50 Å². The Morgan fingerprint density at radius 1 is 1.31 bits per heavy atom. The molecule has 5 heteroatoms. The van der Waals surface area contributed by atoms with Gasteiger partial charge < -0.3 is 20.3 Å². The molecule has 0 amide bonds. The Kier molecular flexibility index (Phi) is 1.89. The van der Waals surface area contributed by atoms with E-state index in [1.807, 2.05) is 0 Å². The van der Waals surface area contributed by atoms with Crippen LogP contribution in [0.15, 0.2) is 0 Å². The van der Waals surface area contributed by atoms with Crippen molar-refractivity contribution in [3.05, 3.63) is 0 Å². The minimum Gasteiger partial charge on any atom is -0.387 e. The number of halogens is 1. The molecule has 2 rings (SSSR count). The van der Waals surface area contributed by atoms with E-state index in [4.69, 9.17) is 15.2 Å². The lowest BCUT2D eigenvalue weighted by atomic mass is 10.2. The van der Waals surface area contributed by atoms with Crippen LogP contribution in [0.1, 0.15) is 13.8 Å². The summed E-state index contributed by atoms with van der Waals surface area (Å²) in [6.07, 6.45) is -3.77. The van der Waals surface area contributed by atoms with E-state index in [2.05, 4.69) is 0 Å². The average Bonchev–Trinajstić information content (AvgIpc) is 2.44. The molecular weight excluding hydrogens is 177 g/mol. The molecule has 0 aromatic carbocycles. The van der Waals surface area contributed by atoms with Crippen LogP contribution < -0.4 is 5.73 Å². The number of nitrogens with two attached hydrogens (primary N) is 1. The molecule has 76 valence electrons. The predicted molar refractivity (Wildman–Crippen MR) is 42.7 cm³/mol. The summed E-state index contributed by atoms with van der Waals surface area (Å²) in [4.78, 5) is 0. The molecule has 0 aromatic heterocycles. The number of alkyl halides is 1. The summed E-state index contributed by atoms with van der Waals surface area (Å²) in [5, 5.41) is 9.41. The maximum Gasteiger partial charge on any atom is 0.163 e. The van der Waals surface area contributed by atoms with Crippen molar-refractivity contribution in [2.45, 2.75) is 50.2 Å². The molecule has 0 bridgehead atoms. The van der Waals surface area contributed by atoms with Crippen molar-refractivity contribution in [2.24, 2.45) is 5.73 Å². The Balaban J connectivity index is 2.18. The molecule has 3 N–H and O–H groups in total. The van der Waals surface area contributed by atoms with Gasteiger partial charge in [0.1, 0.15) is 24.5 Å². The molecule has 0 radical (unpaired) electrons. The van der Waals surface area contributed by atoms with Crippen molar-refractivity contribution in [1.82, 2.24) is 0 Å². The van der Waals surface area contributed by atoms with Gasteiger partial charge in [-0.15, -0.1) is 0 Å². The van der Waals surface area contributed by atoms with Crippen LogP contribution in [0.2, 0.25) is 0 Å². The Morgan fingerprint density at radius 3 is 2.38 bits per heavy atom. The second kappa shape index (κ2) is 2.63. The standard InChI is InChI=1S/C8H14FNO3/c1-8(2)12-6-4(10)3(9)5(11)7(6)13-8/h3-7,11H,10H2,1-2H3. The highest BCUT2D eigenvalue weighted by Crippen LogP contribution is 2.38. The first kappa shape index (κ1) is 9.33. The monoisotopic (exact) mass is 191 g/mol. The quantitative estimate of drug-likeness (QED) is 0.544. The molecule has 0 aromatic rings. The minimum absolute atomic E-state index is 0.528. The highest BCUT2D eigenvalue weighted by atomic mass is 19.1. The van der Waals surface area contributed by atoms with E-state index in [0.717, 1.165) is 0 Å². The molecular formula is C8H14FNO3. The van der Waals surface area contributed by atoms with Crippen LogP contribution in [0, 0.1) is 0 Å². The third kappa shape index (κ3) is 1.27. The predicted octanol–water partition coefficient (Wildman–Crippen LogP) is -0.454. The fourth-order valence-electron chi connectivity index (χ4n) is 1.97. The Bertz CT molecular complexity index is 203. The first-order valence-corrected chi connectivity index (χ1v) is 4.36. The van der Waals surface area contributed by atoms with Gasteiger partial charge in [0, 0.05) is 0 Å². The first-order chi connectivity index (χ1) is 5.92. The van der Waals surface area contributed by atoms with Gasteiger partial charge in [0.2, 0.25) is 0 Å². The zero-order valence-corrected chi connectivity index (χ0v) is 7.61. The van der Waals surface area contributed by atoms with Gasteiger partial charge in [-0.05, 0) is 13.8 Å². The fourth-order valence-corrected chi connectivity index (χ4v) is 1.97. The Labute approximate surface area is 75.8 Å². The lowest BCUT2D eigenvalue weighted by Gasteiger charge is -2.22. The van der Waals surface area contributed by atoms with Gasteiger partial charge >= 0.3 is 0 Å². The fraction of sp³-hybridized carbons (Fsp3) is 1.00. The lowest BCUT2D eigenvalue weighted by molar-refractivity contribution is -0.170. The summed E-state index contributed by atoms with van der Waals surface area (Å²) < 4.78 is 23.9. The number of aliphatic hydroxyl groups excluding tert-OH is 1. The number of hydrogen-bond donors (Lipinski definition) is 2. The molecule has 0 spiro atoms. The van der Waals surface area contributed by atoms with Gasteiger partial charge in [0.05, 0.1) is 6.04 Å². The van der Waals surface area contributed by atoms with Crippen molar-refractivity contribution >= 4 is 0 Å². The van der Waals surface area contributed by atoms with Crippen molar-refractivity contribution in [3.63, 3.8) is 0 Å². The van der Waals surface area contributed by atoms with Gasteiger partial charge in [-0.2, -0.15) is 0 Å². The number of ether oxygens (including phenoxy) is 2. The van der Waals surface area contributed by atoms with Crippen LogP contribution >= 0.6 is 0 Å². The molecule has 13 heavy (non-hydrogen) atoms. The minimum atomic E-state index is -1.45. The molecule has 4 nitrogen and oxygen atoms in total. The van der Waals surface area contributed by atoms with Crippen molar-refractivity contribution in [1.29, 1.82) is 0 Å². The molecule has 2 aliphatic rings. The average molecular weight is 191 g/mol. The van der Waals surface area contributed by atoms with Crippen molar-refractivity contribution in [2.75, 3.05) is 0 Å². The molecule has 2 fully saturated rings. The second-order valence-electron chi connectivity index (χ2n) is 4.08. The van der Waals surface area contributed by atoms with Crippen LogP contribution in [0.5, 0.6) is 0 Å². The number of hydrogen-bond acceptors (Lipinski definition) is 4. The van der Waals surface area contributed by atoms with Gasteiger partial charge in [0.25, 0.3) is 0 Å². The number of aliphatic hydroxyl groups is 1. The van der Waals surface area contributed by atoms with Crippen molar-refractivity contribution < 1.29 is 19.0 Å². The molecule has 1 saturated carbocycles. The number of fused-ring (bicyclic) bond motifs is 1. The smallest absolute Gasteiger partial charge is 0.163 e. The highest BCUT2D eigenvalue weighted by Gasteiger charge is 2.57. The van der Waals surface area contributed by atoms with E-state index in [0.29, 0.717) is 0 Å². The van der Waals surface area contributed by atoms with Gasteiger partial charge in [-0.25, -0.2) is 4.39 Å². The summed E-state index contributed by atoms with van der Waals surface area (Å²) >= 11 is 0. The molecule has 5 unspecified atom stereocenters. The summed E-state index contributed by atoms with van der Waals surface area (Å²) in [6, 6.07) is -0.790. The van der Waals surface area contributed by atoms with Crippen LogP contribution in [-0.4, -0.2) is 41.4 Å². The first-order valence-electron chi connectivity index (χ1n) is 4.36.